The molecule has 0 N–H and O–H groups in total. The number of anilines is 1. The Bertz CT molecular complexity index is 1610. The fraction of sp³-hybridized carbons (Fsp3) is 0.267. The van der Waals surface area contributed by atoms with Gasteiger partial charge in [0.15, 0.2) is 0 Å². The Kier molecular flexibility index (Phi) is 3.87. The van der Waals surface area contributed by atoms with E-state index in [0.29, 0.717) is 5.69 Å². The van der Waals surface area contributed by atoms with E-state index in [1.807, 2.05) is 67.6 Å². The third-order valence-corrected chi connectivity index (χ3v) is 8.78. The van der Waals surface area contributed by atoms with Crippen molar-refractivity contribution in [1.82, 2.24) is 14.9 Å². The van der Waals surface area contributed by atoms with Gasteiger partial charge in [-0.05, 0) is 56.1 Å². The van der Waals surface area contributed by atoms with E-state index in [-0.39, 0.29) is 17.9 Å². The maximum Gasteiger partial charge on any atom is 0.240 e. The number of aromatic nitrogens is 2. The van der Waals surface area contributed by atoms with Crippen molar-refractivity contribution in [3.05, 3.63) is 89.6 Å². The lowest BCUT2D eigenvalue weighted by molar-refractivity contribution is -0.124. The predicted octanol–water partition coefficient (Wildman–Crippen LogP) is 4.45. The van der Waals surface area contributed by atoms with Crippen LogP contribution in [-0.2, 0) is 15.1 Å². The molecule has 4 heterocycles. The fourth-order valence-corrected chi connectivity index (χ4v) is 7.46. The van der Waals surface area contributed by atoms with Gasteiger partial charge in [0.1, 0.15) is 5.54 Å². The first-order chi connectivity index (χ1) is 17.6. The number of carbonyl (C=O) groups excluding carboxylic acids is 2. The Balaban J connectivity index is 1.42. The minimum Gasteiger partial charge on any atom is -0.284 e. The molecule has 3 saturated heterocycles. The maximum atomic E-state index is 14.4. The lowest BCUT2D eigenvalue weighted by Crippen LogP contribution is -2.50. The number of nitrogens with zero attached hydrogens (tertiary/aromatic N) is 4. The number of amides is 2. The summed E-state index contributed by atoms with van der Waals surface area (Å²) in [6.07, 6.45) is 1.91. The highest BCUT2D eigenvalue weighted by Gasteiger charge is 2.73. The standard InChI is InChI=1S/C30H24N4O2/c1-17-12-14-18(15-13-17)34-28(35)24-23-11-6-16-33(23)30(25(24)29(34)36)20-8-3-2-7-19(20)26-27(30)32-22-10-5-4-9-21(22)31-26/h2-5,7-10,12-15,23-25H,6,11,16H2,1H3/t23-,24-,25+,30?/m0/s1. The topological polar surface area (TPSA) is 66.4 Å². The van der Waals surface area contributed by atoms with Gasteiger partial charge in [-0.3, -0.25) is 14.5 Å². The van der Waals surface area contributed by atoms with E-state index >= 15 is 0 Å². The van der Waals surface area contributed by atoms with Crippen molar-refractivity contribution in [2.75, 3.05) is 11.4 Å². The molecule has 4 atom stereocenters. The summed E-state index contributed by atoms with van der Waals surface area (Å²) in [6, 6.07) is 23.9. The summed E-state index contributed by atoms with van der Waals surface area (Å²) < 4.78 is 0. The molecule has 0 saturated carbocycles. The number of para-hydroxylation sites is 2. The monoisotopic (exact) mass is 472 g/mol. The van der Waals surface area contributed by atoms with Crippen LogP contribution >= 0.6 is 0 Å². The Hall–Kier alpha value is -3.90. The van der Waals surface area contributed by atoms with E-state index in [9.17, 15) is 9.59 Å². The molecule has 0 radical (unpaired) electrons. The fourth-order valence-electron chi connectivity index (χ4n) is 7.46. The number of rotatable bonds is 1. The molecular weight excluding hydrogens is 448 g/mol. The molecule has 0 bridgehead atoms. The van der Waals surface area contributed by atoms with E-state index in [0.717, 1.165) is 58.5 Å². The Labute approximate surface area is 208 Å². The molecule has 3 aromatic carbocycles. The molecule has 3 aliphatic heterocycles. The van der Waals surface area contributed by atoms with E-state index in [1.165, 1.54) is 4.90 Å². The molecular formula is C30H24N4O2. The van der Waals surface area contributed by atoms with Crippen molar-refractivity contribution >= 4 is 28.5 Å². The van der Waals surface area contributed by atoms with Crippen LogP contribution in [0.1, 0.15) is 29.7 Å². The molecule has 6 nitrogen and oxygen atoms in total. The Morgan fingerprint density at radius 3 is 2.39 bits per heavy atom. The lowest BCUT2D eigenvalue weighted by Gasteiger charge is -2.39. The molecule has 1 spiro atoms. The average Bonchev–Trinajstić information content (AvgIpc) is 3.61. The second kappa shape index (κ2) is 6.86. The predicted molar refractivity (Wildman–Crippen MR) is 136 cm³/mol. The van der Waals surface area contributed by atoms with E-state index in [2.05, 4.69) is 17.0 Å². The van der Waals surface area contributed by atoms with Crippen LogP contribution in [0.25, 0.3) is 22.3 Å². The quantitative estimate of drug-likeness (QED) is 0.383. The Morgan fingerprint density at radius 2 is 1.58 bits per heavy atom. The molecule has 4 aromatic rings. The number of carbonyl (C=O) groups is 2. The van der Waals surface area contributed by atoms with Gasteiger partial charge in [0.25, 0.3) is 0 Å². The van der Waals surface area contributed by atoms with Crippen molar-refractivity contribution in [1.29, 1.82) is 0 Å². The summed E-state index contributed by atoms with van der Waals surface area (Å²) >= 11 is 0. The van der Waals surface area contributed by atoms with Crippen LogP contribution in [0.5, 0.6) is 0 Å². The smallest absolute Gasteiger partial charge is 0.240 e. The molecule has 36 heavy (non-hydrogen) atoms. The second-order valence-electron chi connectivity index (χ2n) is 10.5. The summed E-state index contributed by atoms with van der Waals surface area (Å²) in [6.45, 7) is 2.85. The van der Waals surface area contributed by atoms with Gasteiger partial charge in [-0.25, -0.2) is 14.9 Å². The van der Waals surface area contributed by atoms with Gasteiger partial charge in [-0.2, -0.15) is 0 Å². The van der Waals surface area contributed by atoms with Gasteiger partial charge in [-0.15, -0.1) is 0 Å². The minimum absolute atomic E-state index is 0.00850. The first-order valence-electron chi connectivity index (χ1n) is 12.7. The number of hydrogen-bond acceptors (Lipinski definition) is 5. The van der Waals surface area contributed by atoms with Crippen molar-refractivity contribution in [3.63, 3.8) is 0 Å². The highest BCUT2D eigenvalue weighted by Crippen LogP contribution is 2.64. The van der Waals surface area contributed by atoms with E-state index < -0.39 is 17.4 Å². The third kappa shape index (κ3) is 2.26. The van der Waals surface area contributed by atoms with E-state index in [4.69, 9.17) is 9.97 Å². The summed E-state index contributed by atoms with van der Waals surface area (Å²) in [5.74, 6) is -1.13. The average molecular weight is 473 g/mol. The molecule has 3 fully saturated rings. The van der Waals surface area contributed by atoms with Crippen molar-refractivity contribution in [3.8, 4) is 11.3 Å². The van der Waals surface area contributed by atoms with Crippen LogP contribution in [-0.4, -0.2) is 39.3 Å². The van der Waals surface area contributed by atoms with Gasteiger partial charge < -0.3 is 0 Å². The zero-order valence-corrected chi connectivity index (χ0v) is 19.9. The third-order valence-electron chi connectivity index (χ3n) is 8.78. The van der Waals surface area contributed by atoms with Gasteiger partial charge >= 0.3 is 0 Å². The molecule has 176 valence electrons. The normalized spacial score (nSPS) is 28.1. The molecule has 1 aromatic heterocycles. The molecule has 6 heteroatoms. The number of imide groups is 1. The van der Waals surface area contributed by atoms with Crippen LogP contribution in [0.2, 0.25) is 0 Å². The molecule has 2 amide bonds. The largest absolute Gasteiger partial charge is 0.284 e. The van der Waals surface area contributed by atoms with Gasteiger partial charge in [-0.1, -0.05) is 54.1 Å². The molecule has 1 aliphatic carbocycles. The van der Waals surface area contributed by atoms with Crippen LogP contribution < -0.4 is 4.90 Å². The van der Waals surface area contributed by atoms with Crippen LogP contribution in [0, 0.1) is 18.8 Å². The maximum absolute atomic E-state index is 14.4. The van der Waals surface area contributed by atoms with Gasteiger partial charge in [0, 0.05) is 11.6 Å². The number of hydrogen-bond donors (Lipinski definition) is 0. The summed E-state index contributed by atoms with van der Waals surface area (Å²) in [5, 5.41) is 0. The zero-order chi connectivity index (χ0) is 24.2. The number of fused-ring (bicyclic) bond motifs is 11. The molecule has 1 unspecified atom stereocenters. The van der Waals surface area contributed by atoms with Crippen LogP contribution in [0.3, 0.4) is 0 Å². The Morgan fingerprint density at radius 1 is 0.861 bits per heavy atom. The van der Waals surface area contributed by atoms with Crippen molar-refractivity contribution < 1.29 is 9.59 Å². The van der Waals surface area contributed by atoms with Crippen molar-refractivity contribution in [2.45, 2.75) is 31.3 Å². The first-order valence-corrected chi connectivity index (χ1v) is 12.7. The highest BCUT2D eigenvalue weighted by atomic mass is 16.2. The highest BCUT2D eigenvalue weighted by molar-refractivity contribution is 6.23. The summed E-state index contributed by atoms with van der Waals surface area (Å²) in [4.78, 5) is 42.6. The van der Waals surface area contributed by atoms with E-state index in [1.54, 1.807) is 0 Å². The molecule has 4 aliphatic rings. The lowest BCUT2D eigenvalue weighted by atomic mass is 9.75. The van der Waals surface area contributed by atoms with Crippen LogP contribution in [0.15, 0.2) is 72.8 Å². The van der Waals surface area contributed by atoms with Gasteiger partial charge in [0.05, 0.1) is 39.9 Å². The summed E-state index contributed by atoms with van der Waals surface area (Å²) in [5.41, 5.74) is 6.35. The molecule has 8 rings (SSSR count). The van der Waals surface area contributed by atoms with Crippen molar-refractivity contribution in [2.24, 2.45) is 11.8 Å². The minimum atomic E-state index is -0.791. The zero-order valence-electron chi connectivity index (χ0n) is 19.9. The van der Waals surface area contributed by atoms with Gasteiger partial charge in [0.2, 0.25) is 11.8 Å². The number of benzene rings is 3. The SMILES string of the molecule is Cc1ccc(N2C(=O)[C@H]3[C@@H]4CCCN4C4(c5ccccc5-c5nc6ccccc6nc54)[C@H]3C2=O)cc1. The number of aryl methyl sites for hydroxylation is 1. The summed E-state index contributed by atoms with van der Waals surface area (Å²) in [7, 11) is 0. The van der Waals surface area contributed by atoms with Crippen LogP contribution in [0.4, 0.5) is 5.69 Å². The second-order valence-corrected chi connectivity index (χ2v) is 10.5. The first kappa shape index (κ1) is 20.3.